The first-order valence-electron chi connectivity index (χ1n) is 6.08. The highest BCUT2D eigenvalue weighted by atomic mass is 79.9. The molecule has 0 fully saturated rings. The SMILES string of the molecule is CNC(c1ccc(Br)cn1)c1c(C)cc(C)cc1F. The fraction of sp³-hybridized carbons (Fsp3) is 0.267. The van der Waals surface area contributed by atoms with Gasteiger partial charge in [-0.2, -0.15) is 0 Å². The summed E-state index contributed by atoms with van der Waals surface area (Å²) in [6.07, 6.45) is 1.72. The average Bonchev–Trinajstić information content (AvgIpc) is 2.35. The Labute approximate surface area is 121 Å². The van der Waals surface area contributed by atoms with E-state index in [0.29, 0.717) is 5.56 Å². The molecule has 2 rings (SSSR count). The minimum atomic E-state index is -0.242. The Morgan fingerprint density at radius 2 is 2.00 bits per heavy atom. The maximum absolute atomic E-state index is 14.2. The molecule has 0 saturated heterocycles. The van der Waals surface area contributed by atoms with Crippen molar-refractivity contribution in [2.45, 2.75) is 19.9 Å². The third kappa shape index (κ3) is 3.01. The molecular weight excluding hydrogens is 307 g/mol. The number of nitrogens with zero attached hydrogens (tertiary/aromatic N) is 1. The molecule has 1 aromatic carbocycles. The van der Waals surface area contributed by atoms with Gasteiger partial charge in [0.2, 0.25) is 0 Å². The van der Waals surface area contributed by atoms with E-state index in [1.807, 2.05) is 39.1 Å². The van der Waals surface area contributed by atoms with Crippen molar-refractivity contribution in [1.82, 2.24) is 10.3 Å². The molecule has 0 bridgehead atoms. The fourth-order valence-corrected chi connectivity index (χ4v) is 2.53. The Morgan fingerprint density at radius 1 is 1.26 bits per heavy atom. The number of pyridine rings is 1. The monoisotopic (exact) mass is 322 g/mol. The molecule has 2 aromatic rings. The molecule has 4 heteroatoms. The van der Waals surface area contributed by atoms with Gasteiger partial charge in [-0.05, 0) is 66.2 Å². The lowest BCUT2D eigenvalue weighted by molar-refractivity contribution is 0.566. The summed E-state index contributed by atoms with van der Waals surface area (Å²) in [4.78, 5) is 4.35. The predicted molar refractivity (Wildman–Crippen MR) is 78.7 cm³/mol. The lowest BCUT2D eigenvalue weighted by Gasteiger charge is -2.19. The zero-order chi connectivity index (χ0) is 14.0. The lowest BCUT2D eigenvalue weighted by Crippen LogP contribution is -2.21. The predicted octanol–water partition coefficient (Wildman–Crippen LogP) is 3.91. The average molecular weight is 323 g/mol. The van der Waals surface area contributed by atoms with E-state index in [-0.39, 0.29) is 11.9 Å². The van der Waals surface area contributed by atoms with Gasteiger partial charge < -0.3 is 5.32 Å². The van der Waals surface area contributed by atoms with Crippen LogP contribution in [0.15, 0.2) is 34.9 Å². The van der Waals surface area contributed by atoms with Crippen LogP contribution in [0.4, 0.5) is 4.39 Å². The zero-order valence-electron chi connectivity index (χ0n) is 11.2. The summed E-state index contributed by atoms with van der Waals surface area (Å²) < 4.78 is 15.1. The molecule has 0 amide bonds. The summed E-state index contributed by atoms with van der Waals surface area (Å²) >= 11 is 3.35. The van der Waals surface area contributed by atoms with E-state index in [1.54, 1.807) is 12.3 Å². The van der Waals surface area contributed by atoms with Crippen LogP contribution in [0.25, 0.3) is 0 Å². The highest BCUT2D eigenvalue weighted by Crippen LogP contribution is 2.27. The maximum atomic E-state index is 14.2. The van der Waals surface area contributed by atoms with Gasteiger partial charge in [-0.3, -0.25) is 4.98 Å². The molecule has 0 spiro atoms. The summed E-state index contributed by atoms with van der Waals surface area (Å²) in [5, 5.41) is 3.14. The molecule has 1 heterocycles. The van der Waals surface area contributed by atoms with Gasteiger partial charge in [-0.15, -0.1) is 0 Å². The second-order valence-corrected chi connectivity index (χ2v) is 5.52. The molecule has 19 heavy (non-hydrogen) atoms. The second kappa shape index (κ2) is 5.80. The van der Waals surface area contributed by atoms with Gasteiger partial charge in [-0.1, -0.05) is 6.07 Å². The summed E-state index contributed by atoms with van der Waals surface area (Å²) in [5.74, 6) is -0.193. The Bertz CT molecular complexity index is 558. The van der Waals surface area contributed by atoms with Crippen LogP contribution in [0.5, 0.6) is 0 Å². The number of rotatable bonds is 3. The van der Waals surface area contributed by atoms with Crippen LogP contribution < -0.4 is 5.32 Å². The molecule has 1 atom stereocenters. The molecule has 1 N–H and O–H groups in total. The molecule has 1 unspecified atom stereocenters. The third-order valence-electron chi connectivity index (χ3n) is 3.10. The molecule has 100 valence electrons. The highest BCUT2D eigenvalue weighted by Gasteiger charge is 2.19. The number of aromatic nitrogens is 1. The molecule has 2 nitrogen and oxygen atoms in total. The van der Waals surface area contributed by atoms with Crippen LogP contribution >= 0.6 is 15.9 Å². The number of hydrogen-bond donors (Lipinski definition) is 1. The number of hydrogen-bond acceptors (Lipinski definition) is 2. The summed E-state index contributed by atoms with van der Waals surface area (Å²) in [5.41, 5.74) is 3.32. The van der Waals surface area contributed by atoms with Crippen LogP contribution in [0.1, 0.15) is 28.4 Å². The van der Waals surface area contributed by atoms with Gasteiger partial charge in [-0.25, -0.2) is 4.39 Å². The maximum Gasteiger partial charge on any atom is 0.128 e. The van der Waals surface area contributed by atoms with Crippen LogP contribution in [0, 0.1) is 19.7 Å². The van der Waals surface area contributed by atoms with Crippen molar-refractivity contribution in [3.63, 3.8) is 0 Å². The number of halogens is 2. The molecule has 1 aromatic heterocycles. The van der Waals surface area contributed by atoms with Gasteiger partial charge in [0.15, 0.2) is 0 Å². The molecule has 0 aliphatic carbocycles. The topological polar surface area (TPSA) is 24.9 Å². The summed E-state index contributed by atoms with van der Waals surface area (Å²) in [7, 11) is 1.81. The van der Waals surface area contributed by atoms with Crippen LogP contribution in [-0.2, 0) is 0 Å². The highest BCUT2D eigenvalue weighted by molar-refractivity contribution is 9.10. The first-order chi connectivity index (χ1) is 9.02. The molecule has 0 aliphatic rings. The fourth-order valence-electron chi connectivity index (χ4n) is 2.29. The van der Waals surface area contributed by atoms with E-state index in [1.165, 1.54) is 0 Å². The van der Waals surface area contributed by atoms with Crippen LogP contribution in [0.3, 0.4) is 0 Å². The molecule has 0 aliphatic heterocycles. The van der Waals surface area contributed by atoms with E-state index in [4.69, 9.17) is 0 Å². The summed E-state index contributed by atoms with van der Waals surface area (Å²) in [6.45, 7) is 3.82. The van der Waals surface area contributed by atoms with Crippen molar-refractivity contribution in [3.05, 3.63) is 63.1 Å². The van der Waals surface area contributed by atoms with E-state index in [0.717, 1.165) is 21.3 Å². The normalized spacial score (nSPS) is 12.5. The number of nitrogens with one attached hydrogen (secondary N) is 1. The van der Waals surface area contributed by atoms with Crippen molar-refractivity contribution in [2.75, 3.05) is 7.05 Å². The van der Waals surface area contributed by atoms with Crippen molar-refractivity contribution < 1.29 is 4.39 Å². The Hall–Kier alpha value is -1.26. The van der Waals surface area contributed by atoms with Crippen LogP contribution in [0.2, 0.25) is 0 Å². The van der Waals surface area contributed by atoms with Crippen molar-refractivity contribution in [2.24, 2.45) is 0 Å². The van der Waals surface area contributed by atoms with E-state index >= 15 is 0 Å². The van der Waals surface area contributed by atoms with Gasteiger partial charge in [0, 0.05) is 16.2 Å². The van der Waals surface area contributed by atoms with Gasteiger partial charge >= 0.3 is 0 Å². The molecular formula is C15H16BrFN2. The minimum absolute atomic E-state index is 0.193. The second-order valence-electron chi connectivity index (χ2n) is 4.60. The number of aryl methyl sites for hydroxylation is 2. The van der Waals surface area contributed by atoms with Gasteiger partial charge in [0.25, 0.3) is 0 Å². The smallest absolute Gasteiger partial charge is 0.128 e. The largest absolute Gasteiger partial charge is 0.308 e. The Morgan fingerprint density at radius 3 is 2.53 bits per heavy atom. The Kier molecular flexibility index (Phi) is 4.32. The quantitative estimate of drug-likeness (QED) is 0.926. The molecule has 0 radical (unpaired) electrons. The Balaban J connectivity index is 2.51. The minimum Gasteiger partial charge on any atom is -0.308 e. The van der Waals surface area contributed by atoms with Crippen molar-refractivity contribution >= 4 is 15.9 Å². The van der Waals surface area contributed by atoms with E-state index in [9.17, 15) is 4.39 Å². The van der Waals surface area contributed by atoms with Crippen LogP contribution in [-0.4, -0.2) is 12.0 Å². The van der Waals surface area contributed by atoms with Crippen molar-refractivity contribution in [3.8, 4) is 0 Å². The van der Waals surface area contributed by atoms with E-state index in [2.05, 4.69) is 26.2 Å². The first kappa shape index (κ1) is 14.2. The number of benzene rings is 1. The first-order valence-corrected chi connectivity index (χ1v) is 6.87. The standard InChI is InChI=1S/C15H16BrFN2/c1-9-6-10(2)14(12(17)7-9)15(18-3)13-5-4-11(16)8-19-13/h4-8,15,18H,1-3H3. The summed E-state index contributed by atoms with van der Waals surface area (Å²) in [6, 6.07) is 7.11. The lowest BCUT2D eigenvalue weighted by atomic mass is 9.96. The van der Waals surface area contributed by atoms with Gasteiger partial charge in [0.1, 0.15) is 5.82 Å². The molecule has 0 saturated carbocycles. The van der Waals surface area contributed by atoms with Gasteiger partial charge in [0.05, 0.1) is 11.7 Å². The van der Waals surface area contributed by atoms with Crippen molar-refractivity contribution in [1.29, 1.82) is 0 Å². The zero-order valence-corrected chi connectivity index (χ0v) is 12.8. The van der Waals surface area contributed by atoms with E-state index < -0.39 is 0 Å². The third-order valence-corrected chi connectivity index (χ3v) is 3.57.